The number of H-pyrrole nitrogens is 1. The summed E-state index contributed by atoms with van der Waals surface area (Å²) in [5, 5.41) is 13.5. The molecule has 4 nitrogen and oxygen atoms in total. The van der Waals surface area contributed by atoms with Crippen molar-refractivity contribution in [2.75, 3.05) is 5.32 Å². The summed E-state index contributed by atoms with van der Waals surface area (Å²) in [5.41, 5.74) is 2.98. The lowest BCUT2D eigenvalue weighted by molar-refractivity contribution is 0.102. The van der Waals surface area contributed by atoms with Crippen molar-refractivity contribution in [3.05, 3.63) is 59.8 Å². The van der Waals surface area contributed by atoms with Crippen LogP contribution in [0.5, 0.6) is 5.75 Å². The van der Waals surface area contributed by atoms with E-state index in [2.05, 4.69) is 10.3 Å². The fraction of sp³-hybridized carbons (Fsp3) is 0.0625. The monoisotopic (exact) mass is 266 g/mol. The smallest absolute Gasteiger partial charge is 0.259 e. The number of rotatable bonds is 2. The molecule has 0 spiro atoms. The third-order valence-electron chi connectivity index (χ3n) is 3.20. The van der Waals surface area contributed by atoms with E-state index in [0.717, 1.165) is 22.3 Å². The number of phenols is 1. The van der Waals surface area contributed by atoms with Crippen LogP contribution >= 0.6 is 0 Å². The SMILES string of the molecule is Cc1cc2c(NC(=O)c3ccccc3O)cccc2[nH]1. The maximum Gasteiger partial charge on any atom is 0.259 e. The first-order chi connectivity index (χ1) is 9.65. The van der Waals surface area contributed by atoms with Gasteiger partial charge in [-0.2, -0.15) is 0 Å². The molecule has 2 aromatic carbocycles. The lowest BCUT2D eigenvalue weighted by Gasteiger charge is -2.07. The normalized spacial score (nSPS) is 10.7. The van der Waals surface area contributed by atoms with E-state index < -0.39 is 0 Å². The largest absolute Gasteiger partial charge is 0.507 e. The number of benzene rings is 2. The van der Waals surface area contributed by atoms with Crippen LogP contribution in [0.2, 0.25) is 0 Å². The van der Waals surface area contributed by atoms with Crippen LogP contribution in [-0.4, -0.2) is 16.0 Å². The molecule has 0 aliphatic heterocycles. The van der Waals surface area contributed by atoms with Crippen molar-refractivity contribution in [3.8, 4) is 5.75 Å². The number of anilines is 1. The number of aromatic hydroxyl groups is 1. The first-order valence-electron chi connectivity index (χ1n) is 6.33. The summed E-state index contributed by atoms with van der Waals surface area (Å²) in [7, 11) is 0. The molecule has 0 saturated heterocycles. The highest BCUT2D eigenvalue weighted by molar-refractivity contribution is 6.10. The number of para-hydroxylation sites is 1. The molecule has 100 valence electrons. The van der Waals surface area contributed by atoms with Gasteiger partial charge in [0.2, 0.25) is 0 Å². The molecule has 1 heterocycles. The van der Waals surface area contributed by atoms with E-state index in [0.29, 0.717) is 0 Å². The molecule has 0 unspecified atom stereocenters. The van der Waals surface area contributed by atoms with E-state index in [-0.39, 0.29) is 17.2 Å². The second-order valence-electron chi connectivity index (χ2n) is 4.69. The molecule has 0 radical (unpaired) electrons. The van der Waals surface area contributed by atoms with E-state index in [4.69, 9.17) is 0 Å². The number of aromatic nitrogens is 1. The van der Waals surface area contributed by atoms with Gasteiger partial charge in [-0.1, -0.05) is 18.2 Å². The molecule has 0 bridgehead atoms. The van der Waals surface area contributed by atoms with E-state index in [1.54, 1.807) is 18.2 Å². The fourth-order valence-corrected chi connectivity index (χ4v) is 2.26. The van der Waals surface area contributed by atoms with E-state index in [1.807, 2.05) is 31.2 Å². The molecule has 0 aliphatic rings. The van der Waals surface area contributed by atoms with Gasteiger partial charge in [0.1, 0.15) is 5.75 Å². The summed E-state index contributed by atoms with van der Waals surface area (Å²) in [5.74, 6) is -0.350. The highest BCUT2D eigenvalue weighted by Crippen LogP contribution is 2.25. The van der Waals surface area contributed by atoms with Gasteiger partial charge in [0, 0.05) is 16.6 Å². The number of aromatic amines is 1. The molecule has 0 saturated carbocycles. The molecule has 20 heavy (non-hydrogen) atoms. The molecule has 0 aliphatic carbocycles. The molecule has 0 atom stereocenters. The molecular weight excluding hydrogens is 252 g/mol. The Morgan fingerprint density at radius 1 is 1.15 bits per heavy atom. The number of phenolic OH excluding ortho intramolecular Hbond substituents is 1. The Bertz CT molecular complexity index is 790. The van der Waals surface area contributed by atoms with Crippen molar-refractivity contribution >= 4 is 22.5 Å². The van der Waals surface area contributed by atoms with Gasteiger partial charge in [-0.15, -0.1) is 0 Å². The average Bonchev–Trinajstić information content (AvgIpc) is 2.80. The number of fused-ring (bicyclic) bond motifs is 1. The van der Waals surface area contributed by atoms with E-state index in [1.165, 1.54) is 6.07 Å². The molecule has 1 aromatic heterocycles. The van der Waals surface area contributed by atoms with Gasteiger partial charge < -0.3 is 15.4 Å². The molecule has 3 N–H and O–H groups in total. The zero-order valence-electron chi connectivity index (χ0n) is 11.0. The Morgan fingerprint density at radius 3 is 2.75 bits per heavy atom. The third kappa shape index (κ3) is 2.12. The van der Waals surface area contributed by atoms with Gasteiger partial charge in [0.05, 0.1) is 11.3 Å². The number of amides is 1. The van der Waals surface area contributed by atoms with E-state index >= 15 is 0 Å². The number of nitrogens with one attached hydrogen (secondary N) is 2. The van der Waals surface area contributed by atoms with Crippen molar-refractivity contribution < 1.29 is 9.90 Å². The number of aryl methyl sites for hydroxylation is 1. The summed E-state index contributed by atoms with van der Waals surface area (Å²) in [4.78, 5) is 15.4. The van der Waals surface area contributed by atoms with Gasteiger partial charge in [-0.05, 0) is 37.3 Å². The first-order valence-corrected chi connectivity index (χ1v) is 6.33. The second kappa shape index (κ2) is 4.74. The zero-order valence-corrected chi connectivity index (χ0v) is 11.0. The highest BCUT2D eigenvalue weighted by Gasteiger charge is 2.12. The van der Waals surface area contributed by atoms with Crippen molar-refractivity contribution in [2.45, 2.75) is 6.92 Å². The second-order valence-corrected chi connectivity index (χ2v) is 4.69. The predicted octanol–water partition coefficient (Wildman–Crippen LogP) is 3.43. The summed E-state index contributed by atoms with van der Waals surface area (Å²) in [6, 6.07) is 14.1. The standard InChI is InChI=1S/C16H14N2O2/c1-10-9-12-13(17-10)6-4-7-14(12)18-16(20)11-5-2-3-8-15(11)19/h2-9,17,19H,1H3,(H,18,20). The van der Waals surface area contributed by atoms with E-state index in [9.17, 15) is 9.90 Å². The zero-order chi connectivity index (χ0) is 14.1. The van der Waals surface area contributed by atoms with Gasteiger partial charge >= 0.3 is 0 Å². The molecular formula is C16H14N2O2. The van der Waals surface area contributed by atoms with Crippen LogP contribution in [0.4, 0.5) is 5.69 Å². The Labute approximate surface area is 116 Å². The summed E-state index contributed by atoms with van der Waals surface area (Å²) in [6.07, 6.45) is 0. The van der Waals surface area contributed by atoms with Crippen molar-refractivity contribution in [2.24, 2.45) is 0 Å². The molecule has 3 rings (SSSR count). The van der Waals surface area contributed by atoms with Crippen LogP contribution < -0.4 is 5.32 Å². The number of hydrogen-bond donors (Lipinski definition) is 3. The number of carbonyl (C=O) groups is 1. The van der Waals surface area contributed by atoms with Gasteiger partial charge in [-0.25, -0.2) is 0 Å². The minimum atomic E-state index is -0.325. The maximum absolute atomic E-state index is 12.2. The summed E-state index contributed by atoms with van der Waals surface area (Å²) in [6.45, 7) is 1.97. The van der Waals surface area contributed by atoms with Crippen LogP contribution in [0.15, 0.2) is 48.5 Å². The quantitative estimate of drug-likeness (QED) is 0.665. The number of carbonyl (C=O) groups excluding carboxylic acids is 1. The van der Waals surface area contributed by atoms with Crippen LogP contribution in [0.1, 0.15) is 16.1 Å². The van der Waals surface area contributed by atoms with Gasteiger partial charge in [0.25, 0.3) is 5.91 Å². The highest BCUT2D eigenvalue weighted by atomic mass is 16.3. The molecule has 4 heteroatoms. The molecule has 0 fully saturated rings. The minimum absolute atomic E-state index is 0.0255. The third-order valence-corrected chi connectivity index (χ3v) is 3.20. The van der Waals surface area contributed by atoms with Crippen LogP contribution in [0, 0.1) is 6.92 Å². The van der Waals surface area contributed by atoms with Gasteiger partial charge in [-0.3, -0.25) is 4.79 Å². The maximum atomic E-state index is 12.2. The molecule has 3 aromatic rings. The lowest BCUT2D eigenvalue weighted by Crippen LogP contribution is -2.12. The lowest BCUT2D eigenvalue weighted by atomic mass is 10.1. The predicted molar refractivity (Wildman–Crippen MR) is 79.1 cm³/mol. The van der Waals surface area contributed by atoms with Crippen molar-refractivity contribution in [3.63, 3.8) is 0 Å². The van der Waals surface area contributed by atoms with Crippen LogP contribution in [-0.2, 0) is 0 Å². The minimum Gasteiger partial charge on any atom is -0.507 e. The van der Waals surface area contributed by atoms with Crippen molar-refractivity contribution in [1.29, 1.82) is 0 Å². The van der Waals surface area contributed by atoms with Crippen LogP contribution in [0.3, 0.4) is 0 Å². The Hall–Kier alpha value is -2.75. The average molecular weight is 266 g/mol. The summed E-state index contributed by atoms with van der Waals surface area (Å²) >= 11 is 0. The Kier molecular flexibility index (Phi) is 2.91. The number of hydrogen-bond acceptors (Lipinski definition) is 2. The topological polar surface area (TPSA) is 65.1 Å². The first kappa shape index (κ1) is 12.3. The van der Waals surface area contributed by atoms with Crippen LogP contribution in [0.25, 0.3) is 10.9 Å². The Balaban J connectivity index is 1.97. The Morgan fingerprint density at radius 2 is 1.95 bits per heavy atom. The van der Waals surface area contributed by atoms with Gasteiger partial charge in [0.15, 0.2) is 0 Å². The molecule has 1 amide bonds. The van der Waals surface area contributed by atoms with Crippen molar-refractivity contribution in [1.82, 2.24) is 4.98 Å². The summed E-state index contributed by atoms with van der Waals surface area (Å²) < 4.78 is 0. The fourth-order valence-electron chi connectivity index (χ4n) is 2.26.